The van der Waals surface area contributed by atoms with Gasteiger partial charge in [0.05, 0.1) is 14.2 Å². The molecule has 0 amide bonds. The van der Waals surface area contributed by atoms with Crippen LogP contribution in [0.4, 0.5) is 0 Å². The molecule has 0 aliphatic rings. The molecule has 3 nitrogen and oxygen atoms in total. The summed E-state index contributed by atoms with van der Waals surface area (Å²) >= 11 is 5.92. The number of hydrogen-bond donors (Lipinski definition) is 0. The SMILES string of the molecule is [C-]#[N+]CCc1cc(Cl)cc(OC)c1OC. The number of rotatable bonds is 4. The van der Waals surface area contributed by atoms with E-state index in [4.69, 9.17) is 27.6 Å². The van der Waals surface area contributed by atoms with Gasteiger partial charge in [-0.15, -0.1) is 0 Å². The van der Waals surface area contributed by atoms with Crippen molar-refractivity contribution in [2.24, 2.45) is 0 Å². The van der Waals surface area contributed by atoms with Gasteiger partial charge in [0.1, 0.15) is 0 Å². The van der Waals surface area contributed by atoms with Gasteiger partial charge in [-0.25, -0.2) is 6.57 Å². The van der Waals surface area contributed by atoms with Crippen LogP contribution in [0.15, 0.2) is 12.1 Å². The van der Waals surface area contributed by atoms with Crippen molar-refractivity contribution < 1.29 is 9.47 Å². The summed E-state index contributed by atoms with van der Waals surface area (Å²) in [5.41, 5.74) is 0.901. The fourth-order valence-electron chi connectivity index (χ4n) is 1.37. The van der Waals surface area contributed by atoms with E-state index < -0.39 is 0 Å². The van der Waals surface area contributed by atoms with Crippen LogP contribution in [0, 0.1) is 6.57 Å². The van der Waals surface area contributed by atoms with Crippen LogP contribution < -0.4 is 9.47 Å². The van der Waals surface area contributed by atoms with Crippen LogP contribution in [0.5, 0.6) is 11.5 Å². The lowest BCUT2D eigenvalue weighted by molar-refractivity contribution is 0.352. The molecule has 0 aliphatic carbocycles. The Balaban J connectivity index is 3.11. The maximum atomic E-state index is 6.75. The summed E-state index contributed by atoms with van der Waals surface area (Å²) < 4.78 is 10.4. The van der Waals surface area contributed by atoms with Gasteiger partial charge in [0, 0.05) is 23.1 Å². The molecule has 0 atom stereocenters. The van der Waals surface area contributed by atoms with Gasteiger partial charge in [0.15, 0.2) is 11.5 Å². The number of halogens is 1. The van der Waals surface area contributed by atoms with Crippen molar-refractivity contribution in [1.29, 1.82) is 0 Å². The molecule has 1 aromatic carbocycles. The maximum absolute atomic E-state index is 6.75. The second kappa shape index (κ2) is 5.47. The fourth-order valence-corrected chi connectivity index (χ4v) is 1.60. The molecule has 0 heterocycles. The Morgan fingerprint density at radius 2 is 2.07 bits per heavy atom. The molecule has 1 aromatic rings. The van der Waals surface area contributed by atoms with Gasteiger partial charge in [-0.1, -0.05) is 11.6 Å². The Kier molecular flexibility index (Phi) is 4.26. The fraction of sp³-hybridized carbons (Fsp3) is 0.364. The zero-order valence-corrected chi connectivity index (χ0v) is 9.47. The minimum Gasteiger partial charge on any atom is -0.493 e. The topological polar surface area (TPSA) is 22.8 Å². The van der Waals surface area contributed by atoms with Crippen molar-refractivity contribution in [2.45, 2.75) is 6.42 Å². The molecule has 0 fully saturated rings. The standard InChI is InChI=1S/C11H12ClNO2/c1-13-5-4-8-6-9(12)7-10(14-2)11(8)15-3/h6-7H,4-5H2,2-3H3. The molecular formula is C11H12ClNO2. The Morgan fingerprint density at radius 3 is 2.60 bits per heavy atom. The van der Waals surface area contributed by atoms with E-state index in [-0.39, 0.29) is 0 Å². The lowest BCUT2D eigenvalue weighted by Crippen LogP contribution is -1.97. The Hall–Kier alpha value is -1.40. The molecule has 0 spiro atoms. The second-order valence-electron chi connectivity index (χ2n) is 2.93. The first kappa shape index (κ1) is 11.7. The first-order valence-electron chi connectivity index (χ1n) is 4.46. The number of nitrogens with zero attached hydrogens (tertiary/aromatic N) is 1. The molecule has 4 heteroatoms. The van der Waals surface area contributed by atoms with Crippen molar-refractivity contribution in [3.8, 4) is 11.5 Å². The summed E-state index contributed by atoms with van der Waals surface area (Å²) in [6.07, 6.45) is 0.615. The molecule has 0 N–H and O–H groups in total. The van der Waals surface area contributed by atoms with Gasteiger partial charge >= 0.3 is 0 Å². The first-order valence-corrected chi connectivity index (χ1v) is 4.84. The van der Waals surface area contributed by atoms with E-state index in [0.717, 1.165) is 5.56 Å². The summed E-state index contributed by atoms with van der Waals surface area (Å²) in [7, 11) is 3.14. The van der Waals surface area contributed by atoms with Crippen molar-refractivity contribution in [2.75, 3.05) is 20.8 Å². The minimum absolute atomic E-state index is 0.417. The van der Waals surface area contributed by atoms with E-state index in [1.54, 1.807) is 26.4 Å². The van der Waals surface area contributed by atoms with Gasteiger partial charge < -0.3 is 14.3 Å². The van der Waals surface area contributed by atoms with E-state index in [0.29, 0.717) is 29.5 Å². The summed E-state index contributed by atoms with van der Waals surface area (Å²) in [5, 5.41) is 0.590. The Bertz CT molecular complexity index is 385. The number of hydrogen-bond acceptors (Lipinski definition) is 2. The molecule has 0 aromatic heterocycles. The third-order valence-corrected chi connectivity index (χ3v) is 2.23. The molecule has 0 bridgehead atoms. The normalized spacial score (nSPS) is 9.47. The molecule has 0 saturated heterocycles. The monoisotopic (exact) mass is 225 g/mol. The van der Waals surface area contributed by atoms with Crippen LogP contribution in [0.25, 0.3) is 4.85 Å². The van der Waals surface area contributed by atoms with Crippen molar-refractivity contribution in [3.63, 3.8) is 0 Å². The van der Waals surface area contributed by atoms with E-state index in [2.05, 4.69) is 4.85 Å². The highest BCUT2D eigenvalue weighted by Gasteiger charge is 2.12. The van der Waals surface area contributed by atoms with Crippen LogP contribution in [0.3, 0.4) is 0 Å². The highest BCUT2D eigenvalue weighted by Crippen LogP contribution is 2.34. The molecule has 0 unspecified atom stereocenters. The lowest BCUT2D eigenvalue weighted by atomic mass is 10.1. The van der Waals surface area contributed by atoms with Crippen LogP contribution in [0.1, 0.15) is 5.56 Å². The first-order chi connectivity index (χ1) is 7.22. The van der Waals surface area contributed by atoms with Gasteiger partial charge in [-0.05, 0) is 6.07 Å². The molecule has 80 valence electrons. The molecular weight excluding hydrogens is 214 g/mol. The van der Waals surface area contributed by atoms with Gasteiger partial charge in [-0.2, -0.15) is 0 Å². The largest absolute Gasteiger partial charge is 0.493 e. The quantitative estimate of drug-likeness (QED) is 0.736. The number of methoxy groups -OCH3 is 2. The summed E-state index contributed by atoms with van der Waals surface area (Å²) in [4.78, 5) is 3.30. The molecule has 1 rings (SSSR count). The van der Waals surface area contributed by atoms with Crippen LogP contribution in [0.2, 0.25) is 5.02 Å². The third kappa shape index (κ3) is 2.77. The van der Waals surface area contributed by atoms with Gasteiger partial charge in [0.2, 0.25) is 6.54 Å². The molecule has 0 saturated carbocycles. The average molecular weight is 226 g/mol. The summed E-state index contributed by atoms with van der Waals surface area (Å²) in [6.45, 7) is 7.17. The van der Waals surface area contributed by atoms with Crippen molar-refractivity contribution in [1.82, 2.24) is 0 Å². The Labute approximate surface area is 94.4 Å². The smallest absolute Gasteiger partial charge is 0.218 e. The summed E-state index contributed by atoms with van der Waals surface area (Å²) in [6, 6.07) is 3.50. The highest BCUT2D eigenvalue weighted by molar-refractivity contribution is 6.30. The molecule has 15 heavy (non-hydrogen) atoms. The van der Waals surface area contributed by atoms with E-state index in [9.17, 15) is 0 Å². The Morgan fingerprint density at radius 1 is 1.33 bits per heavy atom. The van der Waals surface area contributed by atoms with E-state index >= 15 is 0 Å². The lowest BCUT2D eigenvalue weighted by Gasteiger charge is -2.11. The average Bonchev–Trinajstić information content (AvgIpc) is 2.25. The van der Waals surface area contributed by atoms with Crippen LogP contribution in [-0.4, -0.2) is 20.8 Å². The number of benzene rings is 1. The zero-order valence-electron chi connectivity index (χ0n) is 8.71. The predicted octanol–water partition coefficient (Wildman–Crippen LogP) is 2.82. The van der Waals surface area contributed by atoms with Crippen molar-refractivity contribution >= 4 is 11.6 Å². The third-order valence-electron chi connectivity index (χ3n) is 2.01. The second-order valence-corrected chi connectivity index (χ2v) is 3.37. The molecule has 0 radical (unpaired) electrons. The van der Waals surface area contributed by atoms with Gasteiger partial charge in [-0.3, -0.25) is 0 Å². The van der Waals surface area contributed by atoms with E-state index in [1.165, 1.54) is 0 Å². The minimum atomic E-state index is 0.417. The van der Waals surface area contributed by atoms with Crippen LogP contribution >= 0.6 is 11.6 Å². The highest BCUT2D eigenvalue weighted by atomic mass is 35.5. The van der Waals surface area contributed by atoms with Gasteiger partial charge in [0.25, 0.3) is 0 Å². The van der Waals surface area contributed by atoms with E-state index in [1.807, 2.05) is 0 Å². The maximum Gasteiger partial charge on any atom is 0.218 e. The zero-order chi connectivity index (χ0) is 11.3. The predicted molar refractivity (Wildman–Crippen MR) is 59.7 cm³/mol. The van der Waals surface area contributed by atoms with Crippen LogP contribution in [-0.2, 0) is 6.42 Å². The molecule has 0 aliphatic heterocycles. The number of ether oxygens (including phenoxy) is 2. The van der Waals surface area contributed by atoms with Crippen molar-refractivity contribution in [3.05, 3.63) is 34.1 Å². The summed E-state index contributed by atoms with van der Waals surface area (Å²) in [5.74, 6) is 1.26.